The van der Waals surface area contributed by atoms with Gasteiger partial charge >= 0.3 is 6.18 Å². The van der Waals surface area contributed by atoms with Crippen molar-refractivity contribution in [3.05, 3.63) is 52.9 Å². The van der Waals surface area contributed by atoms with E-state index in [0.717, 1.165) is 12.1 Å². The molecule has 2 rings (SSSR count). The molecule has 0 aliphatic rings. The number of benzene rings is 1. The van der Waals surface area contributed by atoms with Gasteiger partial charge in [-0.3, -0.25) is 4.79 Å². The van der Waals surface area contributed by atoms with Gasteiger partial charge in [-0.15, -0.1) is 0 Å². The van der Waals surface area contributed by atoms with Gasteiger partial charge in [-0.1, -0.05) is 11.6 Å². The van der Waals surface area contributed by atoms with Crippen LogP contribution in [0, 0.1) is 0 Å². The number of halogens is 4. The molecular formula is C14H12ClF3N2O2. The van der Waals surface area contributed by atoms with Gasteiger partial charge in [-0.05, 0) is 30.3 Å². The van der Waals surface area contributed by atoms with Crippen LogP contribution in [-0.4, -0.2) is 12.5 Å². The third-order valence-electron chi connectivity index (χ3n) is 2.72. The van der Waals surface area contributed by atoms with Gasteiger partial charge in [-0.25, -0.2) is 0 Å². The number of amides is 1. The number of hydrogen-bond donors (Lipinski definition) is 2. The normalized spacial score (nSPS) is 11.5. The minimum absolute atomic E-state index is 0.0292. The number of rotatable bonds is 5. The highest BCUT2D eigenvalue weighted by Crippen LogP contribution is 2.36. The van der Waals surface area contributed by atoms with Gasteiger partial charge in [0, 0.05) is 5.69 Å². The van der Waals surface area contributed by atoms with Crippen LogP contribution in [0.5, 0.6) is 0 Å². The summed E-state index contributed by atoms with van der Waals surface area (Å²) < 4.78 is 43.2. The highest BCUT2D eigenvalue weighted by Gasteiger charge is 2.33. The molecule has 1 heterocycles. The molecule has 0 saturated carbocycles. The van der Waals surface area contributed by atoms with Gasteiger partial charge in [0.2, 0.25) is 5.91 Å². The first-order chi connectivity index (χ1) is 10.4. The Labute approximate surface area is 129 Å². The predicted molar refractivity (Wildman–Crippen MR) is 75.5 cm³/mol. The molecule has 4 nitrogen and oxygen atoms in total. The molecule has 0 fully saturated rings. The number of hydrogen-bond acceptors (Lipinski definition) is 3. The van der Waals surface area contributed by atoms with Gasteiger partial charge in [0.1, 0.15) is 5.76 Å². The fourth-order valence-corrected chi connectivity index (χ4v) is 1.96. The Kier molecular flexibility index (Phi) is 5.10. The molecule has 2 aromatic rings. The van der Waals surface area contributed by atoms with Crippen LogP contribution in [0.25, 0.3) is 0 Å². The number of carbonyl (C=O) groups is 1. The maximum absolute atomic E-state index is 12.7. The lowest BCUT2D eigenvalue weighted by atomic mass is 10.2. The van der Waals surface area contributed by atoms with E-state index in [-0.39, 0.29) is 12.2 Å². The number of furan rings is 1. The quantitative estimate of drug-likeness (QED) is 0.878. The fourth-order valence-electron chi connectivity index (χ4n) is 1.74. The van der Waals surface area contributed by atoms with Crippen LogP contribution in [-0.2, 0) is 17.5 Å². The number of carbonyl (C=O) groups excluding carboxylic acids is 1. The monoisotopic (exact) mass is 332 g/mol. The number of alkyl halides is 3. The average Bonchev–Trinajstić information content (AvgIpc) is 2.93. The van der Waals surface area contributed by atoms with Crippen LogP contribution in [0.4, 0.5) is 18.9 Å². The minimum atomic E-state index is -4.57. The zero-order chi connectivity index (χ0) is 16.2. The fraction of sp³-hybridized carbons (Fsp3) is 0.214. The average molecular weight is 333 g/mol. The van der Waals surface area contributed by atoms with E-state index in [1.807, 2.05) is 0 Å². The lowest BCUT2D eigenvalue weighted by Crippen LogP contribution is -2.27. The van der Waals surface area contributed by atoms with E-state index >= 15 is 0 Å². The van der Waals surface area contributed by atoms with E-state index in [2.05, 4.69) is 10.6 Å². The first-order valence-electron chi connectivity index (χ1n) is 6.26. The molecule has 0 saturated heterocycles. The summed E-state index contributed by atoms with van der Waals surface area (Å²) in [5, 5.41) is 4.77. The van der Waals surface area contributed by atoms with Crippen molar-refractivity contribution in [3.8, 4) is 0 Å². The largest absolute Gasteiger partial charge is 0.468 e. The third kappa shape index (κ3) is 4.51. The van der Waals surface area contributed by atoms with Crippen molar-refractivity contribution in [3.63, 3.8) is 0 Å². The first kappa shape index (κ1) is 16.4. The highest BCUT2D eigenvalue weighted by atomic mass is 35.5. The van der Waals surface area contributed by atoms with E-state index in [1.54, 1.807) is 12.1 Å². The summed E-state index contributed by atoms with van der Waals surface area (Å²) >= 11 is 5.50. The summed E-state index contributed by atoms with van der Waals surface area (Å²) in [5.41, 5.74) is -0.961. The Morgan fingerprint density at radius 1 is 1.27 bits per heavy atom. The van der Waals surface area contributed by atoms with Crippen molar-refractivity contribution in [1.29, 1.82) is 0 Å². The number of anilines is 1. The van der Waals surface area contributed by atoms with Crippen LogP contribution >= 0.6 is 11.6 Å². The summed E-state index contributed by atoms with van der Waals surface area (Å²) in [6.45, 7) is 0.277. The van der Waals surface area contributed by atoms with Gasteiger partial charge in [0.05, 0.1) is 29.9 Å². The molecule has 0 bridgehead atoms. The summed E-state index contributed by atoms with van der Waals surface area (Å²) in [6, 6.07) is 6.65. The Morgan fingerprint density at radius 2 is 2.05 bits per heavy atom. The number of nitrogens with one attached hydrogen (secondary N) is 2. The van der Waals surface area contributed by atoms with Crippen LogP contribution in [0.15, 0.2) is 41.0 Å². The SMILES string of the molecule is O=C(CNCc1ccco1)Nc1ccc(Cl)c(C(F)(F)F)c1. The van der Waals surface area contributed by atoms with Crippen LogP contribution in [0.3, 0.4) is 0 Å². The molecular weight excluding hydrogens is 321 g/mol. The molecule has 0 radical (unpaired) electrons. The second-order valence-electron chi connectivity index (χ2n) is 4.42. The van der Waals surface area contributed by atoms with Crippen molar-refractivity contribution < 1.29 is 22.4 Å². The van der Waals surface area contributed by atoms with Crippen molar-refractivity contribution >= 4 is 23.2 Å². The molecule has 8 heteroatoms. The van der Waals surface area contributed by atoms with Crippen molar-refractivity contribution in [1.82, 2.24) is 5.32 Å². The van der Waals surface area contributed by atoms with Gasteiger partial charge in [-0.2, -0.15) is 13.2 Å². The van der Waals surface area contributed by atoms with Crippen molar-refractivity contribution in [2.24, 2.45) is 0 Å². The van der Waals surface area contributed by atoms with Crippen molar-refractivity contribution in [2.45, 2.75) is 12.7 Å². The topological polar surface area (TPSA) is 54.3 Å². The maximum atomic E-state index is 12.7. The van der Waals surface area contributed by atoms with Gasteiger partial charge < -0.3 is 15.1 Å². The lowest BCUT2D eigenvalue weighted by molar-refractivity contribution is -0.137. The second-order valence-corrected chi connectivity index (χ2v) is 4.83. The Bertz CT molecular complexity index is 642. The zero-order valence-electron chi connectivity index (χ0n) is 11.2. The van der Waals surface area contributed by atoms with Crippen LogP contribution in [0.2, 0.25) is 5.02 Å². The van der Waals surface area contributed by atoms with Crippen molar-refractivity contribution in [2.75, 3.05) is 11.9 Å². The first-order valence-corrected chi connectivity index (χ1v) is 6.64. The summed E-state index contributed by atoms with van der Waals surface area (Å²) in [6.07, 6.45) is -3.07. The maximum Gasteiger partial charge on any atom is 0.417 e. The summed E-state index contributed by atoms with van der Waals surface area (Å²) in [5.74, 6) is 0.181. The summed E-state index contributed by atoms with van der Waals surface area (Å²) in [4.78, 5) is 11.7. The van der Waals surface area contributed by atoms with E-state index in [4.69, 9.17) is 16.0 Å². The van der Waals surface area contributed by atoms with E-state index < -0.39 is 22.7 Å². The third-order valence-corrected chi connectivity index (χ3v) is 3.05. The Hall–Kier alpha value is -1.99. The molecule has 1 aromatic carbocycles. The molecule has 2 N–H and O–H groups in total. The Balaban J connectivity index is 1.91. The highest BCUT2D eigenvalue weighted by molar-refractivity contribution is 6.31. The van der Waals surface area contributed by atoms with E-state index in [1.165, 1.54) is 12.3 Å². The molecule has 22 heavy (non-hydrogen) atoms. The second kappa shape index (κ2) is 6.85. The standard InChI is InChI=1S/C14H12ClF3N2O2/c15-12-4-3-9(6-11(12)14(16,17)18)20-13(21)8-19-7-10-2-1-5-22-10/h1-6,19H,7-8H2,(H,20,21). The predicted octanol–water partition coefficient (Wildman–Crippen LogP) is 3.68. The zero-order valence-corrected chi connectivity index (χ0v) is 12.0. The molecule has 0 unspecified atom stereocenters. The molecule has 0 aliphatic carbocycles. The molecule has 0 aliphatic heterocycles. The molecule has 1 aromatic heterocycles. The summed E-state index contributed by atoms with van der Waals surface area (Å²) in [7, 11) is 0. The lowest BCUT2D eigenvalue weighted by Gasteiger charge is -2.12. The van der Waals surface area contributed by atoms with E-state index in [9.17, 15) is 18.0 Å². The molecule has 0 spiro atoms. The molecule has 1 amide bonds. The van der Waals surface area contributed by atoms with Gasteiger partial charge in [0.15, 0.2) is 0 Å². The van der Waals surface area contributed by atoms with Crippen LogP contribution < -0.4 is 10.6 Å². The minimum Gasteiger partial charge on any atom is -0.468 e. The molecule has 118 valence electrons. The van der Waals surface area contributed by atoms with E-state index in [0.29, 0.717) is 12.3 Å². The van der Waals surface area contributed by atoms with Gasteiger partial charge in [0.25, 0.3) is 0 Å². The molecule has 0 atom stereocenters. The van der Waals surface area contributed by atoms with Crippen LogP contribution in [0.1, 0.15) is 11.3 Å². The smallest absolute Gasteiger partial charge is 0.417 e. The Morgan fingerprint density at radius 3 is 2.68 bits per heavy atom.